The van der Waals surface area contributed by atoms with Crippen LogP contribution in [0.3, 0.4) is 0 Å². The first-order valence-corrected chi connectivity index (χ1v) is 6.16. The largest absolute Gasteiger partial charge is 0.491 e. The summed E-state index contributed by atoms with van der Waals surface area (Å²) in [6, 6.07) is 7.61. The first-order valence-electron chi connectivity index (χ1n) is 6.16. The molecule has 98 valence electrons. The summed E-state index contributed by atoms with van der Waals surface area (Å²) in [6.07, 6.45) is 0.720. The normalized spacial score (nSPS) is 10.0. The van der Waals surface area contributed by atoms with Gasteiger partial charge in [0.1, 0.15) is 12.4 Å². The lowest BCUT2D eigenvalue weighted by molar-refractivity contribution is 0.0552. The maximum absolute atomic E-state index is 8.65. The lowest BCUT2D eigenvalue weighted by Crippen LogP contribution is -2.11. The van der Waals surface area contributed by atoms with E-state index in [-0.39, 0.29) is 12.7 Å². The van der Waals surface area contributed by atoms with Crippen LogP contribution in [0.2, 0.25) is 0 Å². The maximum Gasteiger partial charge on any atom is 0.120 e. The molecule has 0 aliphatic rings. The summed E-state index contributed by atoms with van der Waals surface area (Å²) in [5, 5.41) is 8.65. The number of aliphatic hydroxyl groups is 1. The van der Waals surface area contributed by atoms with E-state index in [2.05, 4.69) is 11.8 Å². The van der Waals surface area contributed by atoms with Gasteiger partial charge >= 0.3 is 0 Å². The van der Waals surface area contributed by atoms with E-state index in [4.69, 9.17) is 14.6 Å². The molecule has 1 rings (SSSR count). The summed E-state index contributed by atoms with van der Waals surface area (Å²) in [5.41, 5.74) is 0.894. The summed E-state index contributed by atoms with van der Waals surface area (Å²) in [6.45, 7) is 5.20. The number of aliphatic hydroxyl groups excluding tert-OH is 1. The zero-order valence-electron chi connectivity index (χ0n) is 11.0. The van der Waals surface area contributed by atoms with E-state index < -0.39 is 0 Å². The molecule has 0 aliphatic heterocycles. The number of hydrogen-bond acceptors (Lipinski definition) is 3. The van der Waals surface area contributed by atoms with Gasteiger partial charge in [0.2, 0.25) is 0 Å². The minimum Gasteiger partial charge on any atom is -0.491 e. The summed E-state index contributed by atoms with van der Waals surface area (Å²) in [5.74, 6) is 6.64. The summed E-state index contributed by atoms with van der Waals surface area (Å²) >= 11 is 0. The van der Waals surface area contributed by atoms with Crippen LogP contribution in [0.25, 0.3) is 0 Å². The Morgan fingerprint density at radius 2 is 2.11 bits per heavy atom. The average Bonchev–Trinajstić information content (AvgIpc) is 2.35. The van der Waals surface area contributed by atoms with Crippen molar-refractivity contribution < 1.29 is 14.6 Å². The highest BCUT2D eigenvalue weighted by Crippen LogP contribution is 2.12. The molecule has 0 atom stereocenters. The third-order valence-corrected chi connectivity index (χ3v) is 2.11. The van der Waals surface area contributed by atoms with Gasteiger partial charge in [0.25, 0.3) is 0 Å². The van der Waals surface area contributed by atoms with E-state index in [1.54, 1.807) is 0 Å². The van der Waals surface area contributed by atoms with Gasteiger partial charge in [-0.2, -0.15) is 0 Å². The molecular formula is C15H20O3. The van der Waals surface area contributed by atoms with Crippen LogP contribution in [0.1, 0.15) is 25.8 Å². The molecule has 1 aromatic carbocycles. The third-order valence-electron chi connectivity index (χ3n) is 2.11. The molecule has 0 amide bonds. The standard InChI is InChI=1S/C15H20O3/c1-13(2)17-10-11-18-15-8-5-7-14(12-15)6-3-4-9-16/h5,7-8,12-13,16H,4,9-11H2,1-2H3. The van der Waals surface area contributed by atoms with Crippen LogP contribution in [0, 0.1) is 11.8 Å². The van der Waals surface area contributed by atoms with Crippen molar-refractivity contribution in [1.82, 2.24) is 0 Å². The van der Waals surface area contributed by atoms with Crippen molar-refractivity contribution in [3.63, 3.8) is 0 Å². The van der Waals surface area contributed by atoms with Gasteiger partial charge in [0.15, 0.2) is 0 Å². The number of benzene rings is 1. The van der Waals surface area contributed by atoms with Gasteiger partial charge < -0.3 is 14.6 Å². The fourth-order valence-electron chi connectivity index (χ4n) is 1.33. The summed E-state index contributed by atoms with van der Waals surface area (Å²) in [4.78, 5) is 0. The lowest BCUT2D eigenvalue weighted by atomic mass is 10.2. The number of rotatable bonds is 6. The zero-order chi connectivity index (χ0) is 13.2. The van der Waals surface area contributed by atoms with Gasteiger partial charge in [-0.3, -0.25) is 0 Å². The van der Waals surface area contributed by atoms with E-state index in [1.165, 1.54) is 0 Å². The molecule has 0 aliphatic carbocycles. The van der Waals surface area contributed by atoms with Crippen molar-refractivity contribution in [2.24, 2.45) is 0 Å². The summed E-state index contributed by atoms with van der Waals surface area (Å²) in [7, 11) is 0. The first-order chi connectivity index (χ1) is 8.72. The first kappa shape index (κ1) is 14.6. The smallest absolute Gasteiger partial charge is 0.120 e. The molecule has 0 heterocycles. The quantitative estimate of drug-likeness (QED) is 0.619. The number of hydrogen-bond donors (Lipinski definition) is 1. The van der Waals surface area contributed by atoms with Crippen molar-refractivity contribution in [3.05, 3.63) is 29.8 Å². The van der Waals surface area contributed by atoms with Gasteiger partial charge in [0, 0.05) is 12.0 Å². The molecule has 0 radical (unpaired) electrons. The van der Waals surface area contributed by atoms with Gasteiger partial charge in [-0.15, -0.1) is 0 Å². The highest BCUT2D eigenvalue weighted by molar-refractivity contribution is 5.39. The Morgan fingerprint density at radius 1 is 1.28 bits per heavy atom. The van der Waals surface area contributed by atoms with Gasteiger partial charge in [-0.1, -0.05) is 17.9 Å². The molecule has 18 heavy (non-hydrogen) atoms. The Kier molecular flexibility index (Phi) is 6.93. The van der Waals surface area contributed by atoms with E-state index in [9.17, 15) is 0 Å². The fourth-order valence-corrected chi connectivity index (χ4v) is 1.33. The lowest BCUT2D eigenvalue weighted by Gasteiger charge is -2.09. The monoisotopic (exact) mass is 248 g/mol. The van der Waals surface area contributed by atoms with Crippen molar-refractivity contribution in [2.45, 2.75) is 26.4 Å². The van der Waals surface area contributed by atoms with Gasteiger partial charge in [-0.25, -0.2) is 0 Å². The van der Waals surface area contributed by atoms with Crippen LogP contribution >= 0.6 is 0 Å². The molecule has 3 nitrogen and oxygen atoms in total. The molecule has 1 aromatic rings. The topological polar surface area (TPSA) is 38.7 Å². The molecule has 0 aromatic heterocycles. The van der Waals surface area contributed by atoms with Crippen molar-refractivity contribution >= 4 is 0 Å². The second-order valence-corrected chi connectivity index (χ2v) is 4.07. The van der Waals surface area contributed by atoms with Crippen LogP contribution < -0.4 is 4.74 Å². The molecule has 0 fully saturated rings. The zero-order valence-corrected chi connectivity index (χ0v) is 11.0. The molecule has 1 N–H and O–H groups in total. The van der Waals surface area contributed by atoms with E-state index >= 15 is 0 Å². The predicted molar refractivity (Wildman–Crippen MR) is 71.6 cm³/mol. The Morgan fingerprint density at radius 3 is 2.83 bits per heavy atom. The van der Waals surface area contributed by atoms with E-state index in [0.717, 1.165) is 11.3 Å². The van der Waals surface area contributed by atoms with Crippen LogP contribution in [-0.2, 0) is 4.74 Å². The highest BCUT2D eigenvalue weighted by Gasteiger charge is 1.96. The van der Waals surface area contributed by atoms with Crippen molar-refractivity contribution in [3.8, 4) is 17.6 Å². The Hall–Kier alpha value is -1.50. The van der Waals surface area contributed by atoms with Crippen molar-refractivity contribution in [1.29, 1.82) is 0 Å². The van der Waals surface area contributed by atoms with Crippen LogP contribution in [0.15, 0.2) is 24.3 Å². The fraction of sp³-hybridized carbons (Fsp3) is 0.467. The predicted octanol–water partition coefficient (Wildman–Crippen LogP) is 2.22. The van der Waals surface area contributed by atoms with Crippen molar-refractivity contribution in [2.75, 3.05) is 19.8 Å². The number of ether oxygens (including phenoxy) is 2. The second kappa shape index (κ2) is 8.57. The molecule has 3 heteroatoms. The van der Waals surface area contributed by atoms with Crippen LogP contribution in [0.4, 0.5) is 0 Å². The molecule has 0 saturated heterocycles. The van der Waals surface area contributed by atoms with Gasteiger partial charge in [0.05, 0.1) is 19.3 Å². The molecule has 0 saturated carbocycles. The van der Waals surface area contributed by atoms with Crippen LogP contribution in [0.5, 0.6) is 5.75 Å². The second-order valence-electron chi connectivity index (χ2n) is 4.07. The summed E-state index contributed by atoms with van der Waals surface area (Å²) < 4.78 is 11.0. The Bertz CT molecular complexity index is 402. The third kappa shape index (κ3) is 6.29. The molecule has 0 spiro atoms. The molecular weight excluding hydrogens is 228 g/mol. The van der Waals surface area contributed by atoms with E-state index in [0.29, 0.717) is 19.6 Å². The SMILES string of the molecule is CC(C)OCCOc1cccc(C#CCCO)c1. The van der Waals surface area contributed by atoms with E-state index in [1.807, 2.05) is 38.1 Å². The minimum absolute atomic E-state index is 0.0930. The Labute approximate surface area is 109 Å². The van der Waals surface area contributed by atoms with Gasteiger partial charge in [-0.05, 0) is 32.0 Å². The average molecular weight is 248 g/mol. The highest BCUT2D eigenvalue weighted by atomic mass is 16.5. The maximum atomic E-state index is 8.65. The molecule has 0 bridgehead atoms. The Balaban J connectivity index is 2.42. The van der Waals surface area contributed by atoms with Crippen LogP contribution in [-0.4, -0.2) is 31.0 Å². The molecule has 0 unspecified atom stereocenters. The minimum atomic E-state index is 0.0930.